The van der Waals surface area contributed by atoms with Crippen LogP contribution in [-0.2, 0) is 19.6 Å². The Morgan fingerprint density at radius 2 is 2.25 bits per heavy atom. The van der Waals surface area contributed by atoms with E-state index in [1.807, 2.05) is 0 Å². The molecule has 1 N–H and O–H groups in total. The van der Waals surface area contributed by atoms with Gasteiger partial charge in [0, 0.05) is 20.2 Å². The summed E-state index contributed by atoms with van der Waals surface area (Å²) >= 11 is 0. The summed E-state index contributed by atoms with van der Waals surface area (Å²) in [5.41, 5.74) is 0. The molecular weight excluding hydrogens is 234 g/mol. The standard InChI is InChI=1S/C9H17NO5S/c1-15-7-8-2-4-10(6-8)16(13,14)5-3-9(11)12/h8H,2-7H2,1H3,(H,11,12). The average Bonchev–Trinajstić information content (AvgIpc) is 2.65. The van der Waals surface area contributed by atoms with Gasteiger partial charge in [-0.25, -0.2) is 12.7 Å². The predicted molar refractivity (Wildman–Crippen MR) is 57.6 cm³/mol. The second kappa shape index (κ2) is 5.60. The van der Waals surface area contributed by atoms with E-state index in [-0.39, 0.29) is 18.1 Å². The van der Waals surface area contributed by atoms with Crippen molar-refractivity contribution in [3.8, 4) is 0 Å². The SMILES string of the molecule is COCC1CCN(S(=O)(=O)CCC(=O)O)C1. The van der Waals surface area contributed by atoms with Crippen molar-refractivity contribution in [2.75, 3.05) is 32.6 Å². The zero-order valence-electron chi connectivity index (χ0n) is 9.26. The van der Waals surface area contributed by atoms with Gasteiger partial charge in [0.25, 0.3) is 0 Å². The molecule has 1 fully saturated rings. The molecule has 0 saturated carbocycles. The molecule has 1 heterocycles. The van der Waals surface area contributed by atoms with Crippen molar-refractivity contribution < 1.29 is 23.1 Å². The summed E-state index contributed by atoms with van der Waals surface area (Å²) in [5, 5.41) is 8.45. The Labute approximate surface area is 95.2 Å². The number of ether oxygens (including phenoxy) is 1. The molecule has 7 heteroatoms. The molecule has 0 radical (unpaired) electrons. The Morgan fingerprint density at radius 3 is 2.81 bits per heavy atom. The summed E-state index contributed by atoms with van der Waals surface area (Å²) in [5.74, 6) is -1.18. The number of rotatable bonds is 6. The molecule has 0 bridgehead atoms. The summed E-state index contributed by atoms with van der Waals surface area (Å²) in [6, 6.07) is 0. The molecule has 1 aliphatic heterocycles. The second-order valence-corrected chi connectivity index (χ2v) is 6.02. The molecule has 0 aromatic heterocycles. The number of aliphatic carboxylic acids is 1. The monoisotopic (exact) mass is 251 g/mol. The minimum Gasteiger partial charge on any atom is -0.481 e. The van der Waals surface area contributed by atoms with Gasteiger partial charge in [0.1, 0.15) is 0 Å². The lowest BCUT2D eigenvalue weighted by atomic mass is 10.1. The number of sulfonamides is 1. The molecule has 0 amide bonds. The fraction of sp³-hybridized carbons (Fsp3) is 0.889. The van der Waals surface area contributed by atoms with Gasteiger partial charge in [0.2, 0.25) is 10.0 Å². The van der Waals surface area contributed by atoms with Crippen LogP contribution in [0, 0.1) is 5.92 Å². The zero-order chi connectivity index (χ0) is 12.2. The van der Waals surface area contributed by atoms with Gasteiger partial charge in [0.05, 0.1) is 18.8 Å². The van der Waals surface area contributed by atoms with E-state index in [1.54, 1.807) is 7.11 Å². The third-order valence-electron chi connectivity index (χ3n) is 2.62. The highest BCUT2D eigenvalue weighted by atomic mass is 32.2. The summed E-state index contributed by atoms with van der Waals surface area (Å²) in [7, 11) is -1.82. The van der Waals surface area contributed by atoms with E-state index in [2.05, 4.69) is 0 Å². The van der Waals surface area contributed by atoms with E-state index in [9.17, 15) is 13.2 Å². The Bertz CT molecular complexity index is 340. The first kappa shape index (κ1) is 13.4. The summed E-state index contributed by atoms with van der Waals surface area (Å²) in [4.78, 5) is 10.3. The molecule has 1 rings (SSSR count). The van der Waals surface area contributed by atoms with Crippen molar-refractivity contribution in [1.29, 1.82) is 0 Å². The molecule has 0 aliphatic carbocycles. The number of carboxylic acids is 1. The molecular formula is C9H17NO5S. The van der Waals surface area contributed by atoms with Crippen molar-refractivity contribution in [3.05, 3.63) is 0 Å². The number of hydrogen-bond acceptors (Lipinski definition) is 4. The van der Waals surface area contributed by atoms with E-state index < -0.39 is 16.0 Å². The quantitative estimate of drug-likeness (QED) is 0.704. The fourth-order valence-electron chi connectivity index (χ4n) is 1.77. The van der Waals surface area contributed by atoms with Gasteiger partial charge in [-0.05, 0) is 12.3 Å². The lowest BCUT2D eigenvalue weighted by molar-refractivity contribution is -0.136. The van der Waals surface area contributed by atoms with Crippen LogP contribution in [0.4, 0.5) is 0 Å². The van der Waals surface area contributed by atoms with Gasteiger partial charge in [-0.15, -0.1) is 0 Å². The lowest BCUT2D eigenvalue weighted by Crippen LogP contribution is -2.32. The molecule has 6 nitrogen and oxygen atoms in total. The van der Waals surface area contributed by atoms with E-state index in [0.29, 0.717) is 19.7 Å². The molecule has 0 aromatic rings. The van der Waals surface area contributed by atoms with Gasteiger partial charge in [-0.2, -0.15) is 0 Å². The second-order valence-electron chi connectivity index (χ2n) is 3.93. The summed E-state index contributed by atoms with van der Waals surface area (Å²) in [6.45, 7) is 1.46. The van der Waals surface area contributed by atoms with Crippen LogP contribution in [0.1, 0.15) is 12.8 Å². The lowest BCUT2D eigenvalue weighted by Gasteiger charge is -2.15. The van der Waals surface area contributed by atoms with Crippen molar-refractivity contribution in [1.82, 2.24) is 4.31 Å². The molecule has 0 aromatic carbocycles. The molecule has 1 saturated heterocycles. The third-order valence-corrected chi connectivity index (χ3v) is 4.46. The highest BCUT2D eigenvalue weighted by Crippen LogP contribution is 2.20. The van der Waals surface area contributed by atoms with Gasteiger partial charge in [0.15, 0.2) is 0 Å². The Kier molecular flexibility index (Phi) is 4.69. The number of carboxylic acid groups (broad SMARTS) is 1. The van der Waals surface area contributed by atoms with Crippen LogP contribution in [0.15, 0.2) is 0 Å². The van der Waals surface area contributed by atoms with E-state index in [1.165, 1.54) is 4.31 Å². The van der Waals surface area contributed by atoms with Crippen LogP contribution in [0.2, 0.25) is 0 Å². The molecule has 0 spiro atoms. The largest absolute Gasteiger partial charge is 0.481 e. The van der Waals surface area contributed by atoms with Gasteiger partial charge in [-0.1, -0.05) is 0 Å². The van der Waals surface area contributed by atoms with Crippen LogP contribution in [0.3, 0.4) is 0 Å². The maximum Gasteiger partial charge on any atom is 0.304 e. The van der Waals surface area contributed by atoms with Crippen molar-refractivity contribution >= 4 is 16.0 Å². The third kappa shape index (κ3) is 3.73. The minimum absolute atomic E-state index is 0.226. The first-order chi connectivity index (χ1) is 7.45. The maximum absolute atomic E-state index is 11.7. The van der Waals surface area contributed by atoms with Gasteiger partial charge < -0.3 is 9.84 Å². The van der Waals surface area contributed by atoms with Crippen LogP contribution < -0.4 is 0 Å². The number of nitrogens with zero attached hydrogens (tertiary/aromatic N) is 1. The van der Waals surface area contributed by atoms with Gasteiger partial charge in [-0.3, -0.25) is 4.79 Å². The summed E-state index contributed by atoms with van der Waals surface area (Å²) < 4.78 is 29.7. The van der Waals surface area contributed by atoms with Crippen LogP contribution in [-0.4, -0.2) is 56.4 Å². The normalized spacial score (nSPS) is 22.4. The summed E-state index contributed by atoms with van der Waals surface area (Å²) in [6.07, 6.45) is 0.438. The first-order valence-electron chi connectivity index (χ1n) is 5.14. The molecule has 94 valence electrons. The Balaban J connectivity index is 2.48. The van der Waals surface area contributed by atoms with Crippen LogP contribution in [0.25, 0.3) is 0 Å². The average molecular weight is 251 g/mol. The highest BCUT2D eigenvalue weighted by molar-refractivity contribution is 7.89. The van der Waals surface area contributed by atoms with E-state index in [0.717, 1.165) is 6.42 Å². The van der Waals surface area contributed by atoms with Crippen LogP contribution in [0.5, 0.6) is 0 Å². The highest BCUT2D eigenvalue weighted by Gasteiger charge is 2.31. The molecule has 1 aliphatic rings. The molecule has 16 heavy (non-hydrogen) atoms. The van der Waals surface area contributed by atoms with Crippen molar-refractivity contribution in [2.45, 2.75) is 12.8 Å². The minimum atomic E-state index is -3.41. The molecule has 1 atom stereocenters. The van der Waals surface area contributed by atoms with Crippen LogP contribution >= 0.6 is 0 Å². The van der Waals surface area contributed by atoms with Crippen molar-refractivity contribution in [3.63, 3.8) is 0 Å². The smallest absolute Gasteiger partial charge is 0.304 e. The Hall–Kier alpha value is -0.660. The van der Waals surface area contributed by atoms with Crippen molar-refractivity contribution in [2.24, 2.45) is 5.92 Å². The number of hydrogen-bond donors (Lipinski definition) is 1. The maximum atomic E-state index is 11.7. The topological polar surface area (TPSA) is 83.9 Å². The molecule has 1 unspecified atom stereocenters. The Morgan fingerprint density at radius 1 is 1.56 bits per heavy atom. The van der Waals surface area contributed by atoms with E-state index in [4.69, 9.17) is 9.84 Å². The van der Waals surface area contributed by atoms with E-state index >= 15 is 0 Å². The van der Waals surface area contributed by atoms with Gasteiger partial charge >= 0.3 is 5.97 Å². The zero-order valence-corrected chi connectivity index (χ0v) is 10.1. The number of carbonyl (C=O) groups is 1. The fourth-order valence-corrected chi connectivity index (χ4v) is 3.28. The predicted octanol–water partition coefficient (Wildman–Crippen LogP) is -0.241. The first-order valence-corrected chi connectivity index (χ1v) is 6.75. The number of methoxy groups -OCH3 is 1.